The van der Waals surface area contributed by atoms with Gasteiger partial charge < -0.3 is 14.6 Å². The summed E-state index contributed by atoms with van der Waals surface area (Å²) in [6, 6.07) is 11.4. The molecular weight excluding hydrogens is 412 g/mol. The molecule has 0 aliphatic heterocycles. The van der Waals surface area contributed by atoms with E-state index in [0.29, 0.717) is 52.6 Å². The summed E-state index contributed by atoms with van der Waals surface area (Å²) >= 11 is 0. The molecule has 2 fully saturated rings. The highest BCUT2D eigenvalue weighted by Gasteiger charge is 2.55. The second kappa shape index (κ2) is 8.70. The third-order valence-electron chi connectivity index (χ3n) is 9.30. The van der Waals surface area contributed by atoms with Crippen molar-refractivity contribution in [3.63, 3.8) is 0 Å². The molecule has 6 atom stereocenters. The average molecular weight is 449 g/mol. The van der Waals surface area contributed by atoms with E-state index in [4.69, 9.17) is 9.47 Å². The van der Waals surface area contributed by atoms with Gasteiger partial charge in [0.25, 0.3) is 0 Å². The molecule has 33 heavy (non-hydrogen) atoms. The molecule has 176 valence electrons. The molecule has 0 radical (unpaired) electrons. The molecule has 0 spiro atoms. The van der Waals surface area contributed by atoms with Gasteiger partial charge in [0.05, 0.1) is 13.7 Å². The summed E-state index contributed by atoms with van der Waals surface area (Å²) in [7, 11) is 1.61. The third kappa shape index (κ3) is 3.82. The van der Waals surface area contributed by atoms with Gasteiger partial charge in [0.1, 0.15) is 12.0 Å². The number of aldehydes is 1. The number of hydrogen-bond donors (Lipinski definition) is 1. The molecule has 1 N–H and O–H groups in total. The maximum Gasteiger partial charge on any atom is 0.161 e. The summed E-state index contributed by atoms with van der Waals surface area (Å²) in [5.74, 6) is 5.21. The zero-order valence-corrected chi connectivity index (χ0v) is 20.0. The molecule has 0 heterocycles. The number of rotatable bonds is 6. The van der Waals surface area contributed by atoms with E-state index in [2.05, 4.69) is 19.9 Å². The minimum Gasteiger partial charge on any atom is -0.508 e. The van der Waals surface area contributed by atoms with Crippen LogP contribution in [0.1, 0.15) is 73.4 Å². The maximum atomic E-state index is 11.0. The van der Waals surface area contributed by atoms with Gasteiger partial charge in [-0.3, -0.25) is 4.79 Å². The van der Waals surface area contributed by atoms with Crippen LogP contribution in [0.5, 0.6) is 17.2 Å². The first-order valence-corrected chi connectivity index (χ1v) is 12.5. The molecule has 4 heteroatoms. The molecular formula is C29H36O4. The van der Waals surface area contributed by atoms with Crippen LogP contribution in [0.2, 0.25) is 0 Å². The van der Waals surface area contributed by atoms with Gasteiger partial charge in [-0.1, -0.05) is 19.9 Å². The number of phenolic OH excluding ortho intramolecular Hbond substituents is 1. The molecule has 2 aromatic carbocycles. The summed E-state index contributed by atoms with van der Waals surface area (Å²) < 4.78 is 11.6. The van der Waals surface area contributed by atoms with Gasteiger partial charge in [0.15, 0.2) is 11.5 Å². The Morgan fingerprint density at radius 2 is 1.97 bits per heavy atom. The van der Waals surface area contributed by atoms with Crippen molar-refractivity contribution in [3.8, 4) is 17.2 Å². The lowest BCUT2D eigenvalue weighted by Crippen LogP contribution is -2.45. The lowest BCUT2D eigenvalue weighted by atomic mass is 9.51. The summed E-state index contributed by atoms with van der Waals surface area (Å²) in [6.45, 7) is 5.65. The molecule has 4 unspecified atom stereocenters. The number of carbonyl (C=O) groups excluding carboxylic acids is 1. The fraction of sp³-hybridized carbons (Fsp3) is 0.552. The average Bonchev–Trinajstić information content (AvgIpc) is 3.15. The van der Waals surface area contributed by atoms with Gasteiger partial charge in [0.2, 0.25) is 0 Å². The maximum absolute atomic E-state index is 11.0. The van der Waals surface area contributed by atoms with Crippen molar-refractivity contribution in [1.29, 1.82) is 0 Å². The lowest BCUT2D eigenvalue weighted by molar-refractivity contribution is 0.000862. The van der Waals surface area contributed by atoms with Crippen LogP contribution in [-0.4, -0.2) is 25.1 Å². The minimum atomic E-state index is 0.374. The number of benzene rings is 2. The summed E-state index contributed by atoms with van der Waals surface area (Å²) in [5.41, 5.74) is 3.83. The van der Waals surface area contributed by atoms with E-state index in [-0.39, 0.29) is 0 Å². The molecule has 2 saturated carbocycles. The highest BCUT2D eigenvalue weighted by Crippen LogP contribution is 2.64. The first-order chi connectivity index (χ1) is 15.9. The van der Waals surface area contributed by atoms with Gasteiger partial charge in [-0.25, -0.2) is 0 Å². The van der Waals surface area contributed by atoms with E-state index < -0.39 is 0 Å². The van der Waals surface area contributed by atoms with E-state index in [9.17, 15) is 9.90 Å². The zero-order chi connectivity index (χ0) is 23.2. The van der Waals surface area contributed by atoms with E-state index >= 15 is 0 Å². The third-order valence-corrected chi connectivity index (χ3v) is 9.30. The Kier molecular flexibility index (Phi) is 5.88. The molecule has 0 bridgehead atoms. The Bertz CT molecular complexity index is 1030. The van der Waals surface area contributed by atoms with Crippen molar-refractivity contribution in [1.82, 2.24) is 0 Å². The summed E-state index contributed by atoms with van der Waals surface area (Å²) in [6.07, 6.45) is 8.09. The monoisotopic (exact) mass is 448 g/mol. The van der Waals surface area contributed by atoms with E-state index in [1.165, 1.54) is 36.8 Å². The quantitative estimate of drug-likeness (QED) is 0.520. The first kappa shape index (κ1) is 22.3. The number of methoxy groups -OCH3 is 1. The largest absolute Gasteiger partial charge is 0.508 e. The number of fused-ring (bicyclic) bond motifs is 5. The minimum absolute atomic E-state index is 0.374. The molecule has 3 aliphatic carbocycles. The normalized spacial score (nSPS) is 32.4. The number of ether oxygens (including phenoxy) is 2. The Morgan fingerprint density at radius 3 is 2.76 bits per heavy atom. The van der Waals surface area contributed by atoms with Crippen LogP contribution in [-0.2, 0) is 6.42 Å². The molecule has 3 aliphatic rings. The van der Waals surface area contributed by atoms with Crippen LogP contribution >= 0.6 is 0 Å². The molecule has 5 rings (SSSR count). The predicted octanol–water partition coefficient (Wildman–Crippen LogP) is 6.40. The smallest absolute Gasteiger partial charge is 0.161 e. The van der Waals surface area contributed by atoms with Crippen LogP contribution in [0.3, 0.4) is 0 Å². The second-order valence-electron chi connectivity index (χ2n) is 10.8. The Balaban J connectivity index is 1.28. The predicted molar refractivity (Wildman–Crippen MR) is 129 cm³/mol. The fourth-order valence-electron chi connectivity index (χ4n) is 7.74. The van der Waals surface area contributed by atoms with Crippen molar-refractivity contribution >= 4 is 6.29 Å². The van der Waals surface area contributed by atoms with Crippen LogP contribution in [0, 0.1) is 29.1 Å². The van der Waals surface area contributed by atoms with Gasteiger partial charge in [0, 0.05) is 5.56 Å². The molecule has 0 saturated heterocycles. The Labute approximate surface area is 197 Å². The molecule has 0 amide bonds. The molecule has 4 nitrogen and oxygen atoms in total. The number of aromatic hydroxyl groups is 1. The van der Waals surface area contributed by atoms with Crippen LogP contribution < -0.4 is 9.47 Å². The van der Waals surface area contributed by atoms with E-state index in [0.717, 1.165) is 31.0 Å². The van der Waals surface area contributed by atoms with Crippen LogP contribution in [0.25, 0.3) is 0 Å². The second-order valence-corrected chi connectivity index (χ2v) is 10.8. The van der Waals surface area contributed by atoms with Gasteiger partial charge >= 0.3 is 0 Å². The molecule has 2 aromatic rings. The number of phenols is 1. The standard InChI is InChI=1S/C29H36O4/c1-18-14-20-16-22(31)6-7-23(20)24-10-12-29(2)21(5-8-25(29)28(18)24)11-13-33-26-9-4-19(17-30)15-27(26)32-3/h4,6-7,9,15-18,21,24-25,28,31H,5,8,10-14H2,1-3H3/t18-,21-,24?,25?,28?,29?/m1/s1. The SMILES string of the molecule is COc1cc(C=O)ccc1OCC[C@H]1CCC2C3C(CCC21C)c1ccc(O)cc1C[C@H]3C. The van der Waals surface area contributed by atoms with Crippen molar-refractivity contribution < 1.29 is 19.4 Å². The fourth-order valence-corrected chi connectivity index (χ4v) is 7.74. The Morgan fingerprint density at radius 1 is 1.12 bits per heavy atom. The van der Waals surface area contributed by atoms with Crippen molar-refractivity contribution in [2.24, 2.45) is 29.1 Å². The summed E-state index contributed by atoms with van der Waals surface area (Å²) in [4.78, 5) is 11.0. The summed E-state index contributed by atoms with van der Waals surface area (Å²) in [5, 5.41) is 9.99. The van der Waals surface area contributed by atoms with Crippen molar-refractivity contribution in [2.45, 2.75) is 58.3 Å². The molecule has 0 aromatic heterocycles. The zero-order valence-electron chi connectivity index (χ0n) is 20.0. The van der Waals surface area contributed by atoms with E-state index in [1.807, 2.05) is 18.2 Å². The van der Waals surface area contributed by atoms with Crippen LogP contribution in [0.15, 0.2) is 36.4 Å². The lowest BCUT2D eigenvalue weighted by Gasteiger charge is -2.53. The van der Waals surface area contributed by atoms with Crippen molar-refractivity contribution in [2.75, 3.05) is 13.7 Å². The Hall–Kier alpha value is -2.49. The highest BCUT2D eigenvalue weighted by molar-refractivity contribution is 5.76. The van der Waals surface area contributed by atoms with Crippen LogP contribution in [0.4, 0.5) is 0 Å². The topological polar surface area (TPSA) is 55.8 Å². The van der Waals surface area contributed by atoms with Gasteiger partial charge in [-0.05, 0) is 115 Å². The van der Waals surface area contributed by atoms with E-state index in [1.54, 1.807) is 19.2 Å². The number of carbonyl (C=O) groups is 1. The highest BCUT2D eigenvalue weighted by atomic mass is 16.5. The number of hydrogen-bond acceptors (Lipinski definition) is 4. The van der Waals surface area contributed by atoms with Gasteiger partial charge in [-0.2, -0.15) is 0 Å². The van der Waals surface area contributed by atoms with Crippen molar-refractivity contribution in [3.05, 3.63) is 53.1 Å². The first-order valence-electron chi connectivity index (χ1n) is 12.5. The van der Waals surface area contributed by atoms with Gasteiger partial charge in [-0.15, -0.1) is 0 Å².